The van der Waals surface area contributed by atoms with E-state index in [2.05, 4.69) is 31.3 Å². The van der Waals surface area contributed by atoms with E-state index in [-0.39, 0.29) is 12.5 Å². The standard InChI is InChI=1S/C15H17N7O4/c1-8(17-15(25)26)14(24)22-10-5-3-2-4-9(10)6-11(22)13(23)16-7-12-18-20-21-19-12/h2-5,8,11,17H,6-7H2,1H3,(H,16,23)(H,25,26)(H,18,19,20,21)/t8-,11-/m0/s1. The van der Waals surface area contributed by atoms with Gasteiger partial charge in [-0.15, -0.1) is 10.2 Å². The SMILES string of the molecule is C[C@H](NC(=O)O)C(=O)N1c2ccccc2C[C@H]1C(=O)NCc1nn[nH]n1. The summed E-state index contributed by atoms with van der Waals surface area (Å²) < 4.78 is 0. The van der Waals surface area contributed by atoms with E-state index in [9.17, 15) is 14.4 Å². The van der Waals surface area contributed by atoms with E-state index >= 15 is 0 Å². The third-order valence-electron chi connectivity index (χ3n) is 4.04. The van der Waals surface area contributed by atoms with Crippen molar-refractivity contribution in [3.8, 4) is 0 Å². The van der Waals surface area contributed by atoms with Crippen molar-refractivity contribution in [2.75, 3.05) is 4.90 Å². The Kier molecular flexibility index (Phi) is 4.78. The van der Waals surface area contributed by atoms with Crippen LogP contribution in [0.25, 0.3) is 0 Å². The number of hydrogen-bond acceptors (Lipinski definition) is 6. The molecule has 2 atom stereocenters. The highest BCUT2D eigenvalue weighted by Crippen LogP contribution is 2.32. The van der Waals surface area contributed by atoms with Crippen LogP contribution >= 0.6 is 0 Å². The van der Waals surface area contributed by atoms with Gasteiger partial charge in [-0.25, -0.2) is 4.79 Å². The summed E-state index contributed by atoms with van der Waals surface area (Å²) in [5.41, 5.74) is 1.43. The molecular formula is C15H17N7O4. The van der Waals surface area contributed by atoms with E-state index in [0.29, 0.717) is 17.9 Å². The monoisotopic (exact) mass is 359 g/mol. The van der Waals surface area contributed by atoms with Crippen molar-refractivity contribution in [2.45, 2.75) is 32.0 Å². The van der Waals surface area contributed by atoms with Crippen LogP contribution in [0.3, 0.4) is 0 Å². The molecule has 0 fully saturated rings. The van der Waals surface area contributed by atoms with Gasteiger partial charge in [-0.2, -0.15) is 5.21 Å². The number of fused-ring (bicyclic) bond motifs is 1. The lowest BCUT2D eigenvalue weighted by molar-refractivity contribution is -0.126. The third kappa shape index (κ3) is 3.45. The molecule has 0 unspecified atom stereocenters. The lowest BCUT2D eigenvalue weighted by atomic mass is 10.1. The highest BCUT2D eigenvalue weighted by molar-refractivity contribution is 6.06. The maximum absolute atomic E-state index is 12.8. The molecule has 2 heterocycles. The largest absolute Gasteiger partial charge is 0.465 e. The number of carbonyl (C=O) groups excluding carboxylic acids is 2. The molecule has 3 amide bonds. The Hall–Kier alpha value is -3.50. The number of H-pyrrole nitrogens is 1. The van der Waals surface area contributed by atoms with Crippen LogP contribution in [0.2, 0.25) is 0 Å². The smallest absolute Gasteiger partial charge is 0.405 e. The molecule has 4 N–H and O–H groups in total. The fraction of sp³-hybridized carbons (Fsp3) is 0.333. The van der Waals surface area contributed by atoms with Gasteiger partial charge in [0.1, 0.15) is 12.1 Å². The van der Waals surface area contributed by atoms with Crippen LogP contribution in [-0.2, 0) is 22.6 Å². The number of hydrogen-bond donors (Lipinski definition) is 4. The first-order valence-electron chi connectivity index (χ1n) is 7.88. The fourth-order valence-corrected chi connectivity index (χ4v) is 2.87. The number of nitrogens with zero attached hydrogens (tertiary/aromatic N) is 4. The van der Waals surface area contributed by atoms with Gasteiger partial charge in [-0.1, -0.05) is 23.4 Å². The maximum atomic E-state index is 12.8. The van der Waals surface area contributed by atoms with Crippen LogP contribution in [-0.4, -0.2) is 55.7 Å². The molecule has 1 aliphatic rings. The number of nitrogens with one attached hydrogen (secondary N) is 3. The Morgan fingerprint density at radius 3 is 2.85 bits per heavy atom. The van der Waals surface area contributed by atoms with E-state index < -0.39 is 24.1 Å². The van der Waals surface area contributed by atoms with Gasteiger partial charge in [0.25, 0.3) is 0 Å². The molecule has 0 aliphatic carbocycles. The minimum absolute atomic E-state index is 0.0626. The number of amides is 3. The Labute approximate surface area is 147 Å². The zero-order valence-electron chi connectivity index (χ0n) is 13.8. The number of para-hydroxylation sites is 1. The van der Waals surface area contributed by atoms with Gasteiger partial charge in [-0.05, 0) is 18.6 Å². The second-order valence-electron chi connectivity index (χ2n) is 5.77. The molecule has 3 rings (SSSR count). The number of aromatic amines is 1. The van der Waals surface area contributed by atoms with E-state index in [1.54, 1.807) is 12.1 Å². The lowest BCUT2D eigenvalue weighted by Gasteiger charge is -2.27. The van der Waals surface area contributed by atoms with Crippen LogP contribution in [0.15, 0.2) is 24.3 Å². The number of carboxylic acid groups (broad SMARTS) is 1. The Bertz CT molecular complexity index is 823. The summed E-state index contributed by atoms with van der Waals surface area (Å²) in [7, 11) is 0. The Balaban J connectivity index is 1.80. The first kappa shape index (κ1) is 17.3. The number of tetrazole rings is 1. The van der Waals surface area contributed by atoms with Gasteiger partial charge >= 0.3 is 6.09 Å². The molecular weight excluding hydrogens is 342 g/mol. The molecule has 0 bridgehead atoms. The topological polar surface area (TPSA) is 153 Å². The lowest BCUT2D eigenvalue weighted by Crippen LogP contribution is -2.53. The van der Waals surface area contributed by atoms with Gasteiger partial charge in [-0.3, -0.25) is 14.5 Å². The van der Waals surface area contributed by atoms with Crippen molar-refractivity contribution in [3.05, 3.63) is 35.7 Å². The molecule has 26 heavy (non-hydrogen) atoms. The molecule has 0 saturated heterocycles. The van der Waals surface area contributed by atoms with E-state index in [0.717, 1.165) is 5.56 Å². The van der Waals surface area contributed by atoms with Crippen LogP contribution in [0.5, 0.6) is 0 Å². The van der Waals surface area contributed by atoms with Crippen LogP contribution in [0.1, 0.15) is 18.3 Å². The number of anilines is 1. The Morgan fingerprint density at radius 1 is 1.38 bits per heavy atom. The highest BCUT2D eigenvalue weighted by atomic mass is 16.4. The first-order chi connectivity index (χ1) is 12.5. The quantitative estimate of drug-likeness (QED) is 0.557. The van der Waals surface area contributed by atoms with Crippen molar-refractivity contribution in [1.29, 1.82) is 0 Å². The van der Waals surface area contributed by atoms with Crippen LogP contribution in [0, 0.1) is 0 Å². The highest BCUT2D eigenvalue weighted by Gasteiger charge is 2.40. The van der Waals surface area contributed by atoms with E-state index in [1.807, 2.05) is 12.1 Å². The van der Waals surface area contributed by atoms with Gasteiger partial charge in [0, 0.05) is 12.1 Å². The molecule has 0 saturated carbocycles. The average molecular weight is 359 g/mol. The van der Waals surface area contributed by atoms with Crippen LogP contribution < -0.4 is 15.5 Å². The maximum Gasteiger partial charge on any atom is 0.405 e. The second-order valence-corrected chi connectivity index (χ2v) is 5.77. The molecule has 1 aromatic carbocycles. The summed E-state index contributed by atoms with van der Waals surface area (Å²) >= 11 is 0. The van der Waals surface area contributed by atoms with Gasteiger partial charge in [0.2, 0.25) is 11.8 Å². The summed E-state index contributed by atoms with van der Waals surface area (Å²) in [5, 5.41) is 26.8. The Morgan fingerprint density at radius 2 is 2.15 bits per heavy atom. The van der Waals surface area contributed by atoms with Gasteiger partial charge < -0.3 is 15.7 Å². The fourth-order valence-electron chi connectivity index (χ4n) is 2.87. The summed E-state index contributed by atoms with van der Waals surface area (Å²) in [6, 6.07) is 5.36. The van der Waals surface area contributed by atoms with E-state index in [4.69, 9.17) is 5.11 Å². The molecule has 1 aliphatic heterocycles. The van der Waals surface area contributed by atoms with Crippen molar-refractivity contribution in [3.63, 3.8) is 0 Å². The third-order valence-corrected chi connectivity index (χ3v) is 4.04. The molecule has 0 radical (unpaired) electrons. The van der Waals surface area contributed by atoms with Crippen molar-refractivity contribution in [2.24, 2.45) is 0 Å². The second kappa shape index (κ2) is 7.17. The number of rotatable bonds is 5. The molecule has 1 aromatic heterocycles. The van der Waals surface area contributed by atoms with Crippen LogP contribution in [0.4, 0.5) is 10.5 Å². The average Bonchev–Trinajstić information content (AvgIpc) is 3.25. The zero-order valence-corrected chi connectivity index (χ0v) is 13.8. The molecule has 0 spiro atoms. The van der Waals surface area contributed by atoms with Crippen molar-refractivity contribution >= 4 is 23.6 Å². The predicted molar refractivity (Wildman–Crippen MR) is 88.1 cm³/mol. The van der Waals surface area contributed by atoms with E-state index in [1.165, 1.54) is 11.8 Å². The minimum atomic E-state index is -1.31. The first-order valence-corrected chi connectivity index (χ1v) is 7.88. The number of aromatic nitrogens is 4. The summed E-state index contributed by atoms with van der Waals surface area (Å²) in [5.74, 6) is -0.577. The van der Waals surface area contributed by atoms with Crippen molar-refractivity contribution in [1.82, 2.24) is 31.3 Å². The molecule has 11 heteroatoms. The van der Waals surface area contributed by atoms with Gasteiger partial charge in [0.05, 0.1) is 6.54 Å². The normalized spacial score (nSPS) is 16.7. The zero-order chi connectivity index (χ0) is 18.7. The summed E-state index contributed by atoms with van der Waals surface area (Å²) in [6.07, 6.45) is -0.976. The number of carbonyl (C=O) groups is 3. The summed E-state index contributed by atoms with van der Waals surface area (Å²) in [4.78, 5) is 37.6. The molecule has 11 nitrogen and oxygen atoms in total. The summed E-state index contributed by atoms with van der Waals surface area (Å²) in [6.45, 7) is 1.50. The van der Waals surface area contributed by atoms with Gasteiger partial charge in [0.15, 0.2) is 5.82 Å². The minimum Gasteiger partial charge on any atom is -0.465 e. The predicted octanol–water partition coefficient (Wildman–Crippen LogP) is -0.570. The molecule has 2 aromatic rings. The number of benzene rings is 1. The molecule has 136 valence electrons. The van der Waals surface area contributed by atoms with Crippen molar-refractivity contribution < 1.29 is 19.5 Å².